The number of carbonyl (C=O) groups is 1. The number of nitrogens with zero attached hydrogens (tertiary/aromatic N) is 1. The van der Waals surface area contributed by atoms with Crippen molar-refractivity contribution in [2.45, 2.75) is 13.2 Å². The molecular formula is C21H20N2O3. The SMILES string of the molecule is O=C1Nc2ccccc2C1=C1OCc2cc(CN3CCOCC3)ccc21. The summed E-state index contributed by atoms with van der Waals surface area (Å²) in [5.74, 6) is 0.604. The summed E-state index contributed by atoms with van der Waals surface area (Å²) in [7, 11) is 0. The van der Waals surface area contributed by atoms with E-state index in [9.17, 15) is 4.79 Å². The van der Waals surface area contributed by atoms with E-state index in [1.54, 1.807) is 0 Å². The largest absolute Gasteiger partial charge is 0.487 e. The second-order valence-electron chi connectivity index (χ2n) is 6.87. The first-order valence-electron chi connectivity index (χ1n) is 9.00. The van der Waals surface area contributed by atoms with E-state index in [0.29, 0.717) is 17.9 Å². The first-order chi connectivity index (χ1) is 12.8. The molecule has 0 bridgehead atoms. The van der Waals surface area contributed by atoms with Crippen LogP contribution in [0.3, 0.4) is 0 Å². The van der Waals surface area contributed by atoms with E-state index in [4.69, 9.17) is 9.47 Å². The fourth-order valence-corrected chi connectivity index (χ4v) is 3.88. The summed E-state index contributed by atoms with van der Waals surface area (Å²) in [5.41, 5.74) is 5.85. The van der Waals surface area contributed by atoms with Gasteiger partial charge in [-0.3, -0.25) is 9.69 Å². The molecule has 0 aromatic heterocycles. The summed E-state index contributed by atoms with van der Waals surface area (Å²) in [5, 5.41) is 2.93. The van der Waals surface area contributed by atoms with Gasteiger partial charge in [0.15, 0.2) is 0 Å². The molecule has 1 amide bonds. The minimum absolute atomic E-state index is 0.0913. The van der Waals surface area contributed by atoms with Crippen molar-refractivity contribution >= 4 is 22.9 Å². The van der Waals surface area contributed by atoms with Crippen molar-refractivity contribution in [2.24, 2.45) is 0 Å². The van der Waals surface area contributed by atoms with Crippen LogP contribution in [0.5, 0.6) is 0 Å². The molecule has 3 aliphatic rings. The molecule has 5 heteroatoms. The van der Waals surface area contributed by atoms with Crippen LogP contribution in [0.25, 0.3) is 11.3 Å². The third-order valence-electron chi connectivity index (χ3n) is 5.19. The molecule has 1 fully saturated rings. The van der Waals surface area contributed by atoms with Gasteiger partial charge in [-0.1, -0.05) is 36.4 Å². The van der Waals surface area contributed by atoms with Crippen LogP contribution in [0.2, 0.25) is 0 Å². The molecule has 1 saturated heterocycles. The summed E-state index contributed by atoms with van der Waals surface area (Å²) < 4.78 is 11.4. The van der Waals surface area contributed by atoms with Gasteiger partial charge in [0.1, 0.15) is 12.4 Å². The molecule has 2 aromatic carbocycles. The Hall–Kier alpha value is -2.63. The van der Waals surface area contributed by atoms with E-state index < -0.39 is 0 Å². The number of rotatable bonds is 2. The van der Waals surface area contributed by atoms with Gasteiger partial charge in [0.05, 0.1) is 18.8 Å². The van der Waals surface area contributed by atoms with Crippen molar-refractivity contribution in [1.82, 2.24) is 4.90 Å². The van der Waals surface area contributed by atoms with Crippen LogP contribution >= 0.6 is 0 Å². The van der Waals surface area contributed by atoms with E-state index in [-0.39, 0.29) is 5.91 Å². The standard InChI is InChI=1S/C21H20N2O3/c24-21-19(17-3-1-2-4-18(17)22-21)20-16-6-5-14(11-15(16)13-26-20)12-23-7-9-25-10-8-23/h1-6,11H,7-10,12-13H2,(H,22,24). The monoisotopic (exact) mass is 348 g/mol. The number of para-hydroxylation sites is 1. The first kappa shape index (κ1) is 15.6. The van der Waals surface area contributed by atoms with Gasteiger partial charge in [-0.05, 0) is 11.6 Å². The van der Waals surface area contributed by atoms with E-state index >= 15 is 0 Å². The summed E-state index contributed by atoms with van der Waals surface area (Å²) in [6.07, 6.45) is 0. The van der Waals surface area contributed by atoms with Crippen LogP contribution in [-0.2, 0) is 27.4 Å². The fourth-order valence-electron chi connectivity index (χ4n) is 3.88. The molecule has 3 heterocycles. The highest BCUT2D eigenvalue weighted by Gasteiger charge is 2.32. The Morgan fingerprint density at radius 2 is 1.88 bits per heavy atom. The van der Waals surface area contributed by atoms with Gasteiger partial charge in [-0.2, -0.15) is 0 Å². The Balaban J connectivity index is 1.48. The third kappa shape index (κ3) is 2.60. The van der Waals surface area contributed by atoms with E-state index in [1.807, 2.05) is 24.3 Å². The Bertz CT molecular complexity index is 913. The molecule has 5 nitrogen and oxygen atoms in total. The highest BCUT2D eigenvalue weighted by atomic mass is 16.5. The lowest BCUT2D eigenvalue weighted by atomic mass is 9.99. The Morgan fingerprint density at radius 3 is 2.77 bits per heavy atom. The van der Waals surface area contributed by atoms with Crippen LogP contribution in [0.15, 0.2) is 42.5 Å². The summed E-state index contributed by atoms with van der Waals surface area (Å²) in [4.78, 5) is 14.9. The molecule has 0 radical (unpaired) electrons. The molecule has 1 N–H and O–H groups in total. The molecule has 5 rings (SSSR count). The Labute approximate surface area is 152 Å². The third-order valence-corrected chi connectivity index (χ3v) is 5.19. The molecule has 0 unspecified atom stereocenters. The smallest absolute Gasteiger partial charge is 0.260 e. The average Bonchev–Trinajstić information content (AvgIpc) is 3.21. The predicted octanol–water partition coefficient (Wildman–Crippen LogP) is 2.87. The predicted molar refractivity (Wildman–Crippen MR) is 99.2 cm³/mol. The van der Waals surface area contributed by atoms with Crippen molar-refractivity contribution in [3.05, 3.63) is 64.7 Å². The van der Waals surface area contributed by atoms with Crippen LogP contribution in [0, 0.1) is 0 Å². The number of amides is 1. The fraction of sp³-hybridized carbons (Fsp3) is 0.286. The van der Waals surface area contributed by atoms with Crippen LogP contribution in [0.1, 0.15) is 22.3 Å². The zero-order valence-corrected chi connectivity index (χ0v) is 14.5. The highest BCUT2D eigenvalue weighted by Crippen LogP contribution is 2.41. The lowest BCUT2D eigenvalue weighted by Crippen LogP contribution is -2.35. The lowest BCUT2D eigenvalue weighted by molar-refractivity contribution is -0.110. The molecule has 2 aromatic rings. The van der Waals surface area contributed by atoms with Crippen molar-refractivity contribution in [1.29, 1.82) is 0 Å². The Morgan fingerprint density at radius 1 is 1.04 bits per heavy atom. The maximum Gasteiger partial charge on any atom is 0.260 e. The number of anilines is 1. The summed E-state index contributed by atoms with van der Waals surface area (Å²) in [6, 6.07) is 14.2. The molecule has 26 heavy (non-hydrogen) atoms. The number of benzene rings is 2. The van der Waals surface area contributed by atoms with Crippen molar-refractivity contribution < 1.29 is 14.3 Å². The summed E-state index contributed by atoms with van der Waals surface area (Å²) >= 11 is 0. The van der Waals surface area contributed by atoms with E-state index in [2.05, 4.69) is 28.4 Å². The quantitative estimate of drug-likeness (QED) is 0.848. The van der Waals surface area contributed by atoms with Gasteiger partial charge >= 0.3 is 0 Å². The number of fused-ring (bicyclic) bond motifs is 2. The van der Waals surface area contributed by atoms with Gasteiger partial charge < -0.3 is 14.8 Å². The number of morpholine rings is 1. The van der Waals surface area contributed by atoms with E-state index in [1.165, 1.54) is 5.56 Å². The average molecular weight is 348 g/mol. The van der Waals surface area contributed by atoms with Gasteiger partial charge in [0.2, 0.25) is 0 Å². The lowest BCUT2D eigenvalue weighted by Gasteiger charge is -2.26. The highest BCUT2D eigenvalue weighted by molar-refractivity contribution is 6.36. The second kappa shape index (κ2) is 6.27. The number of nitrogens with one attached hydrogen (secondary N) is 1. The molecule has 3 aliphatic heterocycles. The topological polar surface area (TPSA) is 50.8 Å². The molecule has 0 saturated carbocycles. The van der Waals surface area contributed by atoms with Crippen LogP contribution in [0.4, 0.5) is 5.69 Å². The van der Waals surface area contributed by atoms with Crippen LogP contribution < -0.4 is 5.32 Å². The van der Waals surface area contributed by atoms with Gasteiger partial charge in [-0.25, -0.2) is 0 Å². The molecule has 132 valence electrons. The van der Waals surface area contributed by atoms with Gasteiger partial charge in [-0.15, -0.1) is 0 Å². The number of hydrogen-bond donors (Lipinski definition) is 1. The molecule has 0 spiro atoms. The minimum Gasteiger partial charge on any atom is -0.487 e. The van der Waals surface area contributed by atoms with Gasteiger partial charge in [0, 0.05) is 42.0 Å². The zero-order valence-electron chi connectivity index (χ0n) is 14.5. The normalized spacial score (nSPS) is 21.9. The molecular weight excluding hydrogens is 328 g/mol. The van der Waals surface area contributed by atoms with Crippen molar-refractivity contribution in [3.8, 4) is 0 Å². The number of carbonyl (C=O) groups excluding carboxylic acids is 1. The summed E-state index contributed by atoms with van der Waals surface area (Å²) in [6.45, 7) is 4.99. The maximum absolute atomic E-state index is 12.5. The second-order valence-corrected chi connectivity index (χ2v) is 6.87. The Kier molecular flexibility index (Phi) is 3.76. The van der Waals surface area contributed by atoms with Gasteiger partial charge in [0.25, 0.3) is 5.91 Å². The molecule has 0 atom stereocenters. The first-order valence-corrected chi connectivity index (χ1v) is 9.00. The van der Waals surface area contributed by atoms with E-state index in [0.717, 1.165) is 55.2 Å². The van der Waals surface area contributed by atoms with Crippen molar-refractivity contribution in [2.75, 3.05) is 31.6 Å². The van der Waals surface area contributed by atoms with Crippen LogP contribution in [-0.4, -0.2) is 37.1 Å². The number of hydrogen-bond acceptors (Lipinski definition) is 4. The molecule has 0 aliphatic carbocycles. The minimum atomic E-state index is -0.0913. The zero-order chi connectivity index (χ0) is 17.5. The maximum atomic E-state index is 12.5. The number of ether oxygens (including phenoxy) is 2. The van der Waals surface area contributed by atoms with Crippen molar-refractivity contribution in [3.63, 3.8) is 0 Å².